The lowest BCUT2D eigenvalue weighted by atomic mass is 9.85. The summed E-state index contributed by atoms with van der Waals surface area (Å²) in [6, 6.07) is 14.9. The number of ether oxygens (including phenoxy) is 1. The fraction of sp³-hybridized carbons (Fsp3) is 0.188. The molecule has 0 spiro atoms. The lowest BCUT2D eigenvalue weighted by Crippen LogP contribution is -2.47. The molecule has 2 aromatic carbocycles. The zero-order chi connectivity index (χ0) is 14.3. The number of hydrogen-bond acceptors (Lipinski definition) is 3. The number of carbonyl (C=O) groups excluding carboxylic acids is 1. The van der Waals surface area contributed by atoms with Gasteiger partial charge in [-0.2, -0.15) is 0 Å². The first-order chi connectivity index (χ1) is 9.59. The Morgan fingerprint density at radius 2 is 1.75 bits per heavy atom. The second-order valence-corrected chi connectivity index (χ2v) is 4.92. The molecule has 3 rings (SSSR count). The lowest BCUT2D eigenvalue weighted by Gasteiger charge is -2.24. The molecule has 0 bridgehead atoms. The maximum atomic E-state index is 12.6. The predicted octanol–water partition coefficient (Wildman–Crippen LogP) is 1.87. The third kappa shape index (κ3) is 1.55. The van der Waals surface area contributed by atoms with Crippen LogP contribution in [-0.4, -0.2) is 20.1 Å². The average molecular weight is 268 g/mol. The number of para-hydroxylation sites is 1. The van der Waals surface area contributed by atoms with E-state index in [0.29, 0.717) is 0 Å². The highest BCUT2D eigenvalue weighted by atomic mass is 16.5. The van der Waals surface area contributed by atoms with E-state index in [1.165, 1.54) is 0 Å². The van der Waals surface area contributed by atoms with E-state index < -0.39 is 5.54 Å². The van der Waals surface area contributed by atoms with Crippen LogP contribution in [0.3, 0.4) is 0 Å². The van der Waals surface area contributed by atoms with Gasteiger partial charge in [0.2, 0.25) is 0 Å². The van der Waals surface area contributed by atoms with Crippen LogP contribution in [0.4, 0.5) is 5.69 Å². The third-order valence-electron chi connectivity index (χ3n) is 3.88. The maximum absolute atomic E-state index is 12.6. The number of fused-ring (bicyclic) bond motifs is 1. The van der Waals surface area contributed by atoms with E-state index in [9.17, 15) is 4.79 Å². The van der Waals surface area contributed by atoms with Crippen molar-refractivity contribution in [2.24, 2.45) is 5.73 Å². The van der Waals surface area contributed by atoms with Gasteiger partial charge in [-0.05, 0) is 23.8 Å². The molecule has 1 aliphatic heterocycles. The van der Waals surface area contributed by atoms with E-state index in [-0.39, 0.29) is 5.91 Å². The van der Waals surface area contributed by atoms with Gasteiger partial charge < -0.3 is 15.4 Å². The first-order valence-corrected chi connectivity index (χ1v) is 6.40. The van der Waals surface area contributed by atoms with Crippen LogP contribution < -0.4 is 15.4 Å². The number of hydrogen-bond donors (Lipinski definition) is 1. The molecule has 0 saturated carbocycles. The molecule has 20 heavy (non-hydrogen) atoms. The molecule has 102 valence electrons. The van der Waals surface area contributed by atoms with Crippen molar-refractivity contribution in [3.8, 4) is 5.75 Å². The molecular formula is C16H16N2O2. The number of amides is 1. The molecule has 4 heteroatoms. The number of benzene rings is 2. The molecule has 0 aromatic heterocycles. The molecule has 0 fully saturated rings. The van der Waals surface area contributed by atoms with Gasteiger partial charge >= 0.3 is 0 Å². The van der Waals surface area contributed by atoms with E-state index in [0.717, 1.165) is 22.6 Å². The Morgan fingerprint density at radius 1 is 1.10 bits per heavy atom. The highest BCUT2D eigenvalue weighted by molar-refractivity contribution is 6.09. The molecule has 1 atom stereocenters. The fourth-order valence-corrected chi connectivity index (χ4v) is 2.72. The van der Waals surface area contributed by atoms with Gasteiger partial charge in [-0.15, -0.1) is 0 Å². The van der Waals surface area contributed by atoms with E-state index in [1.807, 2.05) is 48.5 Å². The van der Waals surface area contributed by atoms with Crippen LogP contribution >= 0.6 is 0 Å². The van der Waals surface area contributed by atoms with Gasteiger partial charge in [-0.3, -0.25) is 4.79 Å². The van der Waals surface area contributed by atoms with E-state index in [4.69, 9.17) is 10.5 Å². The zero-order valence-corrected chi connectivity index (χ0v) is 11.5. The Bertz CT molecular complexity index is 666. The monoisotopic (exact) mass is 268 g/mol. The van der Waals surface area contributed by atoms with Crippen molar-refractivity contribution in [3.05, 3.63) is 59.7 Å². The Balaban J connectivity index is 2.17. The fourth-order valence-electron chi connectivity index (χ4n) is 2.72. The van der Waals surface area contributed by atoms with Crippen molar-refractivity contribution < 1.29 is 9.53 Å². The number of nitrogens with two attached hydrogens (primary N) is 1. The number of likely N-dealkylation sites (N-methyl/N-ethyl adjacent to an activating group) is 1. The number of nitrogens with zero attached hydrogens (tertiary/aromatic N) is 1. The average Bonchev–Trinajstić information content (AvgIpc) is 2.71. The number of rotatable bonds is 2. The van der Waals surface area contributed by atoms with Crippen molar-refractivity contribution in [1.82, 2.24) is 0 Å². The molecule has 0 aliphatic carbocycles. The number of methoxy groups -OCH3 is 1. The summed E-state index contributed by atoms with van der Waals surface area (Å²) in [4.78, 5) is 14.2. The topological polar surface area (TPSA) is 55.6 Å². The van der Waals surface area contributed by atoms with E-state index in [1.54, 1.807) is 19.1 Å². The summed E-state index contributed by atoms with van der Waals surface area (Å²) in [7, 11) is 3.36. The second-order valence-electron chi connectivity index (χ2n) is 4.92. The predicted molar refractivity (Wildman–Crippen MR) is 77.8 cm³/mol. The summed E-state index contributed by atoms with van der Waals surface area (Å²) in [6.07, 6.45) is 0. The van der Waals surface area contributed by atoms with Crippen LogP contribution in [0, 0.1) is 0 Å². The van der Waals surface area contributed by atoms with E-state index in [2.05, 4.69) is 0 Å². The van der Waals surface area contributed by atoms with Crippen molar-refractivity contribution in [2.75, 3.05) is 19.1 Å². The van der Waals surface area contributed by atoms with Crippen LogP contribution in [0.5, 0.6) is 5.75 Å². The smallest absolute Gasteiger partial charge is 0.256 e. The first kappa shape index (κ1) is 12.7. The normalized spacial score (nSPS) is 20.9. The van der Waals surface area contributed by atoms with Crippen molar-refractivity contribution >= 4 is 11.6 Å². The summed E-state index contributed by atoms with van der Waals surface area (Å²) >= 11 is 0. The quantitative estimate of drug-likeness (QED) is 0.904. The largest absolute Gasteiger partial charge is 0.497 e. The summed E-state index contributed by atoms with van der Waals surface area (Å²) in [5, 5.41) is 0. The van der Waals surface area contributed by atoms with Gasteiger partial charge in [0.25, 0.3) is 5.91 Å². The van der Waals surface area contributed by atoms with Crippen LogP contribution in [0.2, 0.25) is 0 Å². The summed E-state index contributed by atoms with van der Waals surface area (Å²) in [6.45, 7) is 0. The Kier molecular flexibility index (Phi) is 2.76. The Labute approximate surface area is 117 Å². The minimum atomic E-state index is -1.13. The molecule has 1 aliphatic rings. The van der Waals surface area contributed by atoms with Crippen molar-refractivity contribution in [1.29, 1.82) is 0 Å². The van der Waals surface area contributed by atoms with Crippen LogP contribution in [0.25, 0.3) is 0 Å². The van der Waals surface area contributed by atoms with Gasteiger partial charge in [0.1, 0.15) is 11.3 Å². The second kappa shape index (κ2) is 4.35. The van der Waals surface area contributed by atoms with Crippen LogP contribution in [-0.2, 0) is 10.3 Å². The highest BCUT2D eigenvalue weighted by Gasteiger charge is 2.47. The lowest BCUT2D eigenvalue weighted by molar-refractivity contribution is -0.121. The summed E-state index contributed by atoms with van der Waals surface area (Å²) in [5.41, 5.74) is 7.81. The summed E-state index contributed by atoms with van der Waals surface area (Å²) < 4.78 is 5.15. The molecule has 0 unspecified atom stereocenters. The van der Waals surface area contributed by atoms with Crippen LogP contribution in [0.15, 0.2) is 48.5 Å². The molecule has 1 heterocycles. The molecule has 0 radical (unpaired) electrons. The minimum absolute atomic E-state index is 0.121. The van der Waals surface area contributed by atoms with Gasteiger partial charge in [0, 0.05) is 18.3 Å². The van der Waals surface area contributed by atoms with Gasteiger partial charge in [-0.1, -0.05) is 30.3 Å². The van der Waals surface area contributed by atoms with Crippen molar-refractivity contribution in [2.45, 2.75) is 5.54 Å². The molecule has 0 saturated heterocycles. The first-order valence-electron chi connectivity index (χ1n) is 6.40. The third-order valence-corrected chi connectivity index (χ3v) is 3.88. The minimum Gasteiger partial charge on any atom is -0.497 e. The standard InChI is InChI=1S/C16H16N2O2/c1-18-14-6-4-3-5-13(14)16(17,15(18)19)11-7-9-12(20-2)10-8-11/h3-10H,17H2,1-2H3/t16-/m1/s1. The molecular weight excluding hydrogens is 252 g/mol. The zero-order valence-electron chi connectivity index (χ0n) is 11.5. The van der Waals surface area contributed by atoms with Gasteiger partial charge in [-0.25, -0.2) is 0 Å². The molecule has 2 aromatic rings. The van der Waals surface area contributed by atoms with Crippen LogP contribution in [0.1, 0.15) is 11.1 Å². The molecule has 1 amide bonds. The van der Waals surface area contributed by atoms with E-state index >= 15 is 0 Å². The number of carbonyl (C=O) groups is 1. The SMILES string of the molecule is COc1ccc([C@]2(N)C(=O)N(C)c3ccccc32)cc1. The van der Waals surface area contributed by atoms with Crippen molar-refractivity contribution in [3.63, 3.8) is 0 Å². The maximum Gasteiger partial charge on any atom is 0.256 e. The highest BCUT2D eigenvalue weighted by Crippen LogP contribution is 2.41. The van der Waals surface area contributed by atoms with Gasteiger partial charge in [0.15, 0.2) is 0 Å². The number of anilines is 1. The molecule has 4 nitrogen and oxygen atoms in total. The van der Waals surface area contributed by atoms with Gasteiger partial charge in [0.05, 0.1) is 7.11 Å². The summed E-state index contributed by atoms with van der Waals surface area (Å²) in [5.74, 6) is 0.619. The molecule has 2 N–H and O–H groups in total. The Hall–Kier alpha value is -2.33. The Morgan fingerprint density at radius 3 is 2.40 bits per heavy atom.